The van der Waals surface area contributed by atoms with Crippen molar-refractivity contribution in [1.29, 1.82) is 0 Å². The molecule has 9 rings (SSSR count). The summed E-state index contributed by atoms with van der Waals surface area (Å²) in [6.45, 7) is 11.7. The highest BCUT2D eigenvalue weighted by Gasteiger charge is 2.26. The van der Waals surface area contributed by atoms with Gasteiger partial charge in [0.15, 0.2) is 0 Å². The van der Waals surface area contributed by atoms with Crippen LogP contribution in [0.2, 0.25) is 0 Å². The first-order chi connectivity index (χ1) is 32.3. The van der Waals surface area contributed by atoms with Crippen molar-refractivity contribution in [2.45, 2.75) is 117 Å². The van der Waals surface area contributed by atoms with Gasteiger partial charge >= 0.3 is 0 Å². The zero-order chi connectivity index (χ0) is 46.9. The third kappa shape index (κ3) is 9.37. The second kappa shape index (κ2) is 19.1. The van der Waals surface area contributed by atoms with Gasteiger partial charge in [0.25, 0.3) is 0 Å². The number of benzene rings is 6. The molecule has 0 saturated heterocycles. The SMILES string of the molecule is Cc1cc(C)c(O)c(C=N[C@@H]2CCCC[C@H]2N=Cc2cc(-c3cccc4c3oc3c(-c5cc(C)c(O)c(C=N[C@@H]6CCCC[C@H]6N=Cc6cc(C)cc(C)c6O)c5)cccc34)cc(C)c2O)c1. The van der Waals surface area contributed by atoms with E-state index < -0.39 is 0 Å². The summed E-state index contributed by atoms with van der Waals surface area (Å²) in [7, 11) is 0. The summed E-state index contributed by atoms with van der Waals surface area (Å²) in [6.07, 6.45) is 15.0. The molecule has 2 fully saturated rings. The van der Waals surface area contributed by atoms with E-state index in [1.54, 1.807) is 24.9 Å². The molecule has 0 unspecified atom stereocenters. The fourth-order valence-corrected chi connectivity index (χ4v) is 10.2. The Labute approximate surface area is 393 Å². The Morgan fingerprint density at radius 1 is 0.418 bits per heavy atom. The molecule has 0 spiro atoms. The maximum atomic E-state index is 11.4. The monoisotopic (exact) mass is 892 g/mol. The van der Waals surface area contributed by atoms with Crippen LogP contribution < -0.4 is 0 Å². The van der Waals surface area contributed by atoms with E-state index in [2.05, 4.69) is 24.3 Å². The first-order valence-corrected chi connectivity index (χ1v) is 23.7. The standard InChI is InChI=1S/C58H60N4O5/c1-33-21-35(3)53(63)41(23-33)29-59-49-17-7-9-19-51(49)61-31-43-27-39(25-37(5)55(43)65)45-13-11-15-47-48-16-12-14-46(58(48)67-57(45)47)40-26-38(6)56(66)44(28-40)32-62-52-20-10-8-18-50(52)60-30-42-24-34(2)22-36(4)54(42)64/h11-16,21-32,49-52,63-66H,7-10,17-20H2,1-6H3/t49-,50-,51-,52-/m1/s1. The fourth-order valence-electron chi connectivity index (χ4n) is 10.2. The summed E-state index contributed by atoms with van der Waals surface area (Å²) < 4.78 is 6.90. The van der Waals surface area contributed by atoms with Gasteiger partial charge in [-0.25, -0.2) is 0 Å². The van der Waals surface area contributed by atoms with Gasteiger partial charge in [-0.3, -0.25) is 20.0 Å². The molecule has 342 valence electrons. The number of fused-ring (bicyclic) bond motifs is 3. The number of hydrogen-bond donors (Lipinski definition) is 4. The second-order valence-electron chi connectivity index (χ2n) is 18.9. The van der Waals surface area contributed by atoms with Crippen LogP contribution in [0, 0.1) is 41.5 Å². The number of aryl methyl sites for hydroxylation is 6. The Kier molecular flexibility index (Phi) is 12.9. The van der Waals surface area contributed by atoms with Gasteiger partial charge in [-0.15, -0.1) is 0 Å². The van der Waals surface area contributed by atoms with Crippen LogP contribution in [-0.2, 0) is 0 Å². The fraction of sp³-hybridized carbons (Fsp3) is 0.310. The van der Waals surface area contributed by atoms with E-state index in [0.29, 0.717) is 11.1 Å². The Bertz CT molecular complexity index is 2930. The molecule has 6 aromatic carbocycles. The zero-order valence-corrected chi connectivity index (χ0v) is 39.3. The Morgan fingerprint density at radius 3 is 1.07 bits per heavy atom. The number of para-hydroxylation sites is 2. The van der Waals surface area contributed by atoms with E-state index in [0.717, 1.165) is 140 Å². The number of phenols is 4. The summed E-state index contributed by atoms with van der Waals surface area (Å²) in [5, 5.41) is 46.0. The quantitative estimate of drug-likeness (QED) is 0.101. The highest BCUT2D eigenvalue weighted by atomic mass is 16.3. The van der Waals surface area contributed by atoms with Gasteiger partial charge in [-0.05, 0) is 148 Å². The van der Waals surface area contributed by atoms with Crippen LogP contribution in [0.15, 0.2) is 109 Å². The number of furan rings is 1. The van der Waals surface area contributed by atoms with Gasteiger partial charge in [0, 0.05) is 69.0 Å². The summed E-state index contributed by atoms with van der Waals surface area (Å²) >= 11 is 0. The minimum absolute atomic E-state index is 0.0316. The highest BCUT2D eigenvalue weighted by molar-refractivity contribution is 6.13. The number of nitrogens with zero attached hydrogens (tertiary/aromatic N) is 4. The predicted molar refractivity (Wildman–Crippen MR) is 275 cm³/mol. The van der Waals surface area contributed by atoms with Crippen molar-refractivity contribution in [3.63, 3.8) is 0 Å². The van der Waals surface area contributed by atoms with Crippen molar-refractivity contribution >= 4 is 46.8 Å². The molecule has 4 N–H and O–H groups in total. The Morgan fingerprint density at radius 2 is 0.731 bits per heavy atom. The number of aliphatic imine (C=N–C) groups is 4. The van der Waals surface area contributed by atoms with Gasteiger partial charge in [-0.2, -0.15) is 0 Å². The molecule has 0 bridgehead atoms. The van der Waals surface area contributed by atoms with Crippen molar-refractivity contribution < 1.29 is 24.8 Å². The normalized spacial score (nSPS) is 19.3. The van der Waals surface area contributed by atoms with Crippen molar-refractivity contribution in [2.24, 2.45) is 20.0 Å². The Balaban J connectivity index is 1.01. The molecule has 9 heteroatoms. The van der Waals surface area contributed by atoms with Crippen LogP contribution in [0.1, 0.15) is 107 Å². The minimum atomic E-state index is -0.0534. The third-order valence-electron chi connectivity index (χ3n) is 13.8. The molecule has 4 atom stereocenters. The molecule has 0 amide bonds. The molecule has 1 heterocycles. The third-order valence-corrected chi connectivity index (χ3v) is 13.8. The number of aromatic hydroxyl groups is 4. The van der Waals surface area contributed by atoms with Crippen LogP contribution in [-0.4, -0.2) is 69.5 Å². The van der Waals surface area contributed by atoms with E-state index >= 15 is 0 Å². The first kappa shape index (κ1) is 45.2. The molecular formula is C58H60N4O5. The van der Waals surface area contributed by atoms with E-state index in [-0.39, 0.29) is 47.2 Å². The molecule has 0 aliphatic heterocycles. The van der Waals surface area contributed by atoms with Crippen LogP contribution in [0.25, 0.3) is 44.2 Å². The molecule has 2 aliphatic rings. The number of phenolic OH excluding ortho intramolecular Hbond substituents is 4. The minimum Gasteiger partial charge on any atom is -0.507 e. The van der Waals surface area contributed by atoms with Gasteiger partial charge in [-0.1, -0.05) is 74.2 Å². The molecule has 9 nitrogen and oxygen atoms in total. The van der Waals surface area contributed by atoms with Crippen molar-refractivity contribution in [2.75, 3.05) is 0 Å². The average Bonchev–Trinajstić information content (AvgIpc) is 3.71. The molecule has 0 radical (unpaired) electrons. The molecule has 7 aromatic rings. The highest BCUT2D eigenvalue weighted by Crippen LogP contribution is 2.42. The van der Waals surface area contributed by atoms with Gasteiger partial charge in [0.1, 0.15) is 34.2 Å². The molecule has 67 heavy (non-hydrogen) atoms. The zero-order valence-electron chi connectivity index (χ0n) is 39.3. The smallest absolute Gasteiger partial charge is 0.143 e. The Hall–Kier alpha value is -7.00. The molecule has 2 saturated carbocycles. The van der Waals surface area contributed by atoms with Crippen LogP contribution in [0.5, 0.6) is 23.0 Å². The van der Waals surface area contributed by atoms with E-state index in [4.69, 9.17) is 24.4 Å². The van der Waals surface area contributed by atoms with Crippen molar-refractivity contribution in [3.8, 4) is 45.3 Å². The maximum Gasteiger partial charge on any atom is 0.143 e. The lowest BCUT2D eigenvalue weighted by molar-refractivity contribution is 0.390. The van der Waals surface area contributed by atoms with E-state index in [1.807, 2.05) is 102 Å². The van der Waals surface area contributed by atoms with Crippen molar-refractivity contribution in [3.05, 3.63) is 141 Å². The van der Waals surface area contributed by atoms with Gasteiger partial charge < -0.3 is 24.8 Å². The predicted octanol–water partition coefficient (Wildman–Crippen LogP) is 13.3. The maximum absolute atomic E-state index is 11.4. The summed E-state index contributed by atoms with van der Waals surface area (Å²) in [5.74, 6) is 0.891. The van der Waals surface area contributed by atoms with Gasteiger partial charge in [0.05, 0.1) is 24.2 Å². The van der Waals surface area contributed by atoms with Gasteiger partial charge in [0.2, 0.25) is 0 Å². The number of rotatable bonds is 10. The lowest BCUT2D eigenvalue weighted by Gasteiger charge is -2.25. The topological polar surface area (TPSA) is 144 Å². The molecule has 2 aliphatic carbocycles. The first-order valence-electron chi connectivity index (χ1n) is 23.7. The second-order valence-corrected chi connectivity index (χ2v) is 18.9. The van der Waals surface area contributed by atoms with Crippen molar-refractivity contribution in [1.82, 2.24) is 0 Å². The van der Waals surface area contributed by atoms with Crippen LogP contribution in [0.3, 0.4) is 0 Å². The van der Waals surface area contributed by atoms with E-state index in [9.17, 15) is 20.4 Å². The number of hydrogen-bond acceptors (Lipinski definition) is 9. The van der Waals surface area contributed by atoms with Crippen LogP contribution in [0.4, 0.5) is 0 Å². The largest absolute Gasteiger partial charge is 0.507 e. The summed E-state index contributed by atoms with van der Waals surface area (Å²) in [4.78, 5) is 20.0. The molecular weight excluding hydrogens is 833 g/mol. The summed E-state index contributed by atoms with van der Waals surface area (Å²) in [5.41, 5.74) is 13.1. The lowest BCUT2D eigenvalue weighted by Crippen LogP contribution is -2.27. The van der Waals surface area contributed by atoms with Crippen LogP contribution >= 0.6 is 0 Å². The average molecular weight is 893 g/mol. The summed E-state index contributed by atoms with van der Waals surface area (Å²) in [6, 6.07) is 28.0. The lowest BCUT2D eigenvalue weighted by atomic mass is 9.91. The van der Waals surface area contributed by atoms with E-state index in [1.165, 1.54) is 0 Å². The molecule has 1 aromatic heterocycles.